The number of anilines is 2. The summed E-state index contributed by atoms with van der Waals surface area (Å²) in [5.74, 6) is 0.794. The van der Waals surface area contributed by atoms with Crippen LogP contribution in [0.1, 0.15) is 29.3 Å². The average Bonchev–Trinajstić information content (AvgIpc) is 3.81. The van der Waals surface area contributed by atoms with Crippen molar-refractivity contribution in [2.75, 3.05) is 29.5 Å². The van der Waals surface area contributed by atoms with Gasteiger partial charge < -0.3 is 14.2 Å². The molecule has 8 heteroatoms. The Balaban J connectivity index is 1.27. The van der Waals surface area contributed by atoms with Crippen LogP contribution in [0.25, 0.3) is 0 Å². The van der Waals surface area contributed by atoms with Gasteiger partial charge in [0.2, 0.25) is 0 Å². The number of imidazole rings is 2. The number of aromatic nitrogens is 4. The number of carbonyl (C=O) groups is 1. The highest BCUT2D eigenvalue weighted by molar-refractivity contribution is 5.94. The minimum atomic E-state index is -0.625. The second kappa shape index (κ2) is 12.2. The number of rotatable bonds is 8. The van der Waals surface area contributed by atoms with Crippen LogP contribution in [0.4, 0.5) is 16.2 Å². The zero-order chi connectivity index (χ0) is 30.6. The highest BCUT2D eigenvalue weighted by atomic mass is 16.5. The molecule has 7 rings (SSSR count). The van der Waals surface area contributed by atoms with Gasteiger partial charge in [-0.3, -0.25) is 9.47 Å². The molecular formula is C37H34N6O2. The van der Waals surface area contributed by atoms with E-state index in [2.05, 4.69) is 112 Å². The fraction of sp³-hybridized carbons (Fsp3) is 0.162. The molecular weight excluding hydrogens is 560 g/mol. The van der Waals surface area contributed by atoms with Crippen LogP contribution in [0.15, 0.2) is 140 Å². The Labute approximate surface area is 262 Å². The quantitative estimate of drug-likeness (QED) is 0.181. The SMILES string of the molecule is CCN(C(=O)n1ccnc1)c1ccc2c(c1)N(Cc1cn(C(c3ccccc3)(c3ccccc3)c3ccccc3)cn1)CCO2. The molecule has 4 aromatic carbocycles. The third-order valence-electron chi connectivity index (χ3n) is 8.44. The second-order valence-electron chi connectivity index (χ2n) is 11.0. The van der Waals surface area contributed by atoms with Crippen LogP contribution in [-0.2, 0) is 12.1 Å². The van der Waals surface area contributed by atoms with E-state index in [1.165, 1.54) is 10.9 Å². The maximum atomic E-state index is 13.2. The van der Waals surface area contributed by atoms with Crippen LogP contribution in [0, 0.1) is 0 Å². The number of hydrogen-bond donors (Lipinski definition) is 0. The van der Waals surface area contributed by atoms with Crippen LogP contribution in [0.3, 0.4) is 0 Å². The third-order valence-corrected chi connectivity index (χ3v) is 8.44. The van der Waals surface area contributed by atoms with E-state index in [-0.39, 0.29) is 6.03 Å². The van der Waals surface area contributed by atoms with E-state index in [1.54, 1.807) is 17.3 Å². The van der Waals surface area contributed by atoms with E-state index >= 15 is 0 Å². The number of nitrogens with zero attached hydrogens (tertiary/aromatic N) is 6. The molecule has 1 aliphatic heterocycles. The molecule has 45 heavy (non-hydrogen) atoms. The van der Waals surface area contributed by atoms with E-state index in [1.807, 2.05) is 31.5 Å². The molecule has 0 N–H and O–H groups in total. The van der Waals surface area contributed by atoms with E-state index in [0.717, 1.165) is 39.5 Å². The van der Waals surface area contributed by atoms with Gasteiger partial charge in [-0.15, -0.1) is 0 Å². The van der Waals surface area contributed by atoms with Crippen LogP contribution in [0.2, 0.25) is 0 Å². The topological polar surface area (TPSA) is 68.4 Å². The Bertz CT molecular complexity index is 1770. The number of hydrogen-bond acceptors (Lipinski definition) is 5. The lowest BCUT2D eigenvalue weighted by Gasteiger charge is -2.37. The van der Waals surface area contributed by atoms with Crippen LogP contribution >= 0.6 is 0 Å². The lowest BCUT2D eigenvalue weighted by atomic mass is 9.77. The zero-order valence-electron chi connectivity index (χ0n) is 25.1. The van der Waals surface area contributed by atoms with E-state index < -0.39 is 5.54 Å². The molecule has 0 fully saturated rings. The first-order valence-corrected chi connectivity index (χ1v) is 15.2. The van der Waals surface area contributed by atoms with Gasteiger partial charge in [-0.2, -0.15) is 0 Å². The van der Waals surface area contributed by atoms with Gasteiger partial charge in [0.1, 0.15) is 24.2 Å². The highest BCUT2D eigenvalue weighted by Crippen LogP contribution is 2.41. The molecule has 0 bridgehead atoms. The van der Waals surface area contributed by atoms with Crippen molar-refractivity contribution >= 4 is 17.4 Å². The number of amides is 1. The van der Waals surface area contributed by atoms with Gasteiger partial charge in [-0.25, -0.2) is 14.8 Å². The third kappa shape index (κ3) is 5.14. The Morgan fingerprint density at radius 1 is 0.867 bits per heavy atom. The molecule has 1 aliphatic rings. The van der Waals surface area contributed by atoms with Gasteiger partial charge in [0.15, 0.2) is 0 Å². The first kappa shape index (κ1) is 28.2. The molecule has 0 saturated carbocycles. The summed E-state index contributed by atoms with van der Waals surface area (Å²) < 4.78 is 9.77. The lowest BCUT2D eigenvalue weighted by Crippen LogP contribution is -2.37. The van der Waals surface area contributed by atoms with Crippen molar-refractivity contribution in [2.24, 2.45) is 0 Å². The fourth-order valence-corrected chi connectivity index (χ4v) is 6.34. The van der Waals surface area contributed by atoms with Crippen molar-refractivity contribution < 1.29 is 9.53 Å². The van der Waals surface area contributed by atoms with E-state index in [9.17, 15) is 4.79 Å². The molecule has 224 valence electrons. The lowest BCUT2D eigenvalue weighted by molar-refractivity contribution is 0.248. The Morgan fingerprint density at radius 2 is 1.51 bits per heavy atom. The predicted octanol–water partition coefficient (Wildman–Crippen LogP) is 6.81. The second-order valence-corrected chi connectivity index (χ2v) is 11.0. The minimum Gasteiger partial charge on any atom is -0.490 e. The molecule has 1 amide bonds. The van der Waals surface area contributed by atoms with Gasteiger partial charge in [0.05, 0.1) is 30.8 Å². The van der Waals surface area contributed by atoms with Crippen molar-refractivity contribution in [3.8, 4) is 5.75 Å². The highest BCUT2D eigenvalue weighted by Gasteiger charge is 2.38. The fourth-order valence-electron chi connectivity index (χ4n) is 6.34. The molecule has 8 nitrogen and oxygen atoms in total. The average molecular weight is 595 g/mol. The Kier molecular flexibility index (Phi) is 7.61. The van der Waals surface area contributed by atoms with Gasteiger partial charge >= 0.3 is 6.03 Å². The zero-order valence-corrected chi connectivity index (χ0v) is 25.1. The Hall–Kier alpha value is -5.63. The molecule has 0 atom stereocenters. The van der Waals surface area contributed by atoms with Gasteiger partial charge in [0.25, 0.3) is 0 Å². The number of ether oxygens (including phenoxy) is 1. The summed E-state index contributed by atoms with van der Waals surface area (Å²) in [4.78, 5) is 26.2. The predicted molar refractivity (Wildman–Crippen MR) is 176 cm³/mol. The van der Waals surface area contributed by atoms with Gasteiger partial charge in [-0.05, 0) is 41.8 Å². The first-order valence-electron chi connectivity index (χ1n) is 15.2. The van der Waals surface area contributed by atoms with Gasteiger partial charge in [-0.1, -0.05) is 91.0 Å². The number of carbonyl (C=O) groups excluding carboxylic acids is 1. The summed E-state index contributed by atoms with van der Waals surface area (Å²) in [6.45, 7) is 4.34. The molecule has 3 heterocycles. The van der Waals surface area contributed by atoms with E-state index in [0.29, 0.717) is 26.2 Å². The monoisotopic (exact) mass is 594 g/mol. The molecule has 0 spiro atoms. The van der Waals surface area contributed by atoms with E-state index in [4.69, 9.17) is 9.72 Å². The van der Waals surface area contributed by atoms with Crippen LogP contribution in [0.5, 0.6) is 5.75 Å². The summed E-state index contributed by atoms with van der Waals surface area (Å²) in [6, 6.07) is 37.6. The largest absolute Gasteiger partial charge is 0.490 e. The van der Waals surface area contributed by atoms with Crippen LogP contribution in [-0.4, -0.2) is 44.8 Å². The Morgan fingerprint density at radius 3 is 2.09 bits per heavy atom. The maximum Gasteiger partial charge on any atom is 0.333 e. The molecule has 0 aliphatic carbocycles. The smallest absolute Gasteiger partial charge is 0.333 e. The van der Waals surface area contributed by atoms with Gasteiger partial charge in [0, 0.05) is 30.8 Å². The molecule has 2 aromatic heterocycles. The first-order chi connectivity index (χ1) is 22.2. The van der Waals surface area contributed by atoms with Crippen molar-refractivity contribution in [1.29, 1.82) is 0 Å². The summed E-state index contributed by atoms with van der Waals surface area (Å²) in [7, 11) is 0. The summed E-state index contributed by atoms with van der Waals surface area (Å²) in [5, 5.41) is 0. The van der Waals surface area contributed by atoms with Crippen molar-refractivity contribution in [3.63, 3.8) is 0 Å². The molecule has 6 aromatic rings. The standard InChI is InChI=1S/C37H34N6O2/c1-2-43(36(44)41-21-20-38-27-41)33-18-19-35-34(24-33)40(22-23-45-35)25-32-26-42(28-39-32)37(29-12-6-3-7-13-29,30-14-8-4-9-15-30)31-16-10-5-11-17-31/h3-21,24,26-28H,2,22-23,25H2,1H3. The minimum absolute atomic E-state index is 0.156. The van der Waals surface area contributed by atoms with Crippen molar-refractivity contribution in [2.45, 2.75) is 19.0 Å². The molecule has 0 radical (unpaired) electrons. The van der Waals surface area contributed by atoms with Crippen molar-refractivity contribution in [1.82, 2.24) is 19.1 Å². The summed E-state index contributed by atoms with van der Waals surface area (Å²) in [6.07, 6.45) is 8.90. The summed E-state index contributed by atoms with van der Waals surface area (Å²) >= 11 is 0. The maximum absolute atomic E-state index is 13.2. The van der Waals surface area contributed by atoms with Crippen molar-refractivity contribution in [3.05, 3.63) is 163 Å². The normalized spacial score (nSPS) is 12.8. The van der Waals surface area contributed by atoms with Crippen LogP contribution < -0.4 is 14.5 Å². The summed E-state index contributed by atoms with van der Waals surface area (Å²) in [5.41, 5.74) is 5.49. The molecule has 0 saturated heterocycles. The number of benzene rings is 4. The molecule has 0 unspecified atom stereocenters. The number of fused-ring (bicyclic) bond motifs is 1.